The largest absolute Gasteiger partial charge is 0.368 e. The molecule has 100 valence electrons. The zero-order chi connectivity index (χ0) is 12.9. The van der Waals surface area contributed by atoms with Crippen LogP contribution in [0.5, 0.6) is 0 Å². The predicted octanol–water partition coefficient (Wildman–Crippen LogP) is -0.855. The second-order valence-electron chi connectivity index (χ2n) is 4.41. The van der Waals surface area contributed by atoms with E-state index in [9.17, 15) is 4.79 Å². The molecule has 0 saturated carbocycles. The van der Waals surface area contributed by atoms with Gasteiger partial charge < -0.3 is 20.5 Å². The molecule has 1 rings (SSSR count). The molecule has 0 aromatic rings. The number of amides is 1. The molecule has 1 fully saturated rings. The molecule has 0 aromatic heterocycles. The van der Waals surface area contributed by atoms with Gasteiger partial charge in [0.25, 0.3) is 0 Å². The molecule has 6 heteroatoms. The lowest BCUT2D eigenvalue weighted by Gasteiger charge is -2.41. The quantitative estimate of drug-likeness (QED) is 0.617. The Balaban J connectivity index is 2.91. The Bertz CT molecular complexity index is 250. The molecule has 1 aliphatic heterocycles. The van der Waals surface area contributed by atoms with Crippen LogP contribution in [-0.2, 0) is 14.3 Å². The Hall–Kier alpha value is -0.690. The molecule has 1 saturated heterocycles. The molecule has 6 nitrogen and oxygen atoms in total. The van der Waals surface area contributed by atoms with E-state index >= 15 is 0 Å². The third kappa shape index (κ3) is 2.95. The first-order chi connectivity index (χ1) is 8.07. The van der Waals surface area contributed by atoms with E-state index in [0.29, 0.717) is 0 Å². The highest BCUT2D eigenvalue weighted by Gasteiger charge is 2.46. The molecule has 0 radical (unpaired) electrons. The Morgan fingerprint density at radius 1 is 1.35 bits per heavy atom. The van der Waals surface area contributed by atoms with Crippen LogP contribution in [0.3, 0.4) is 0 Å². The van der Waals surface area contributed by atoms with Crippen LogP contribution in [-0.4, -0.2) is 63.0 Å². The van der Waals surface area contributed by atoms with E-state index in [1.165, 1.54) is 14.2 Å². The van der Waals surface area contributed by atoms with Gasteiger partial charge in [-0.15, -0.1) is 0 Å². The predicted molar refractivity (Wildman–Crippen MR) is 64.5 cm³/mol. The lowest BCUT2D eigenvalue weighted by atomic mass is 9.97. The molecule has 1 unspecified atom stereocenters. The molecular weight excluding hydrogens is 222 g/mol. The van der Waals surface area contributed by atoms with E-state index in [1.807, 2.05) is 4.90 Å². The van der Waals surface area contributed by atoms with Gasteiger partial charge in [-0.05, 0) is 19.9 Å². The van der Waals surface area contributed by atoms with Crippen LogP contribution >= 0.6 is 0 Å². The van der Waals surface area contributed by atoms with E-state index in [4.69, 9.17) is 15.2 Å². The van der Waals surface area contributed by atoms with Crippen molar-refractivity contribution < 1.29 is 14.3 Å². The van der Waals surface area contributed by atoms with Gasteiger partial charge in [-0.2, -0.15) is 0 Å². The fourth-order valence-electron chi connectivity index (χ4n) is 2.29. The van der Waals surface area contributed by atoms with Crippen LogP contribution in [0.2, 0.25) is 0 Å². The number of carbonyl (C=O) groups is 1. The Morgan fingerprint density at radius 2 is 2.00 bits per heavy atom. The third-order valence-electron chi connectivity index (χ3n) is 3.38. The molecule has 0 spiro atoms. The number of carbonyl (C=O) groups excluding carboxylic acids is 1. The van der Waals surface area contributed by atoms with Gasteiger partial charge in [-0.25, -0.2) is 0 Å². The minimum Gasteiger partial charge on any atom is -0.368 e. The average molecular weight is 245 g/mol. The number of ether oxygens (including phenoxy) is 2. The van der Waals surface area contributed by atoms with E-state index in [1.54, 1.807) is 6.92 Å². The fraction of sp³-hybridized carbons (Fsp3) is 0.909. The molecule has 1 heterocycles. The number of methoxy groups -OCH3 is 2. The molecule has 1 aliphatic rings. The maximum Gasteiger partial charge on any atom is 0.242 e. The number of nitrogens with one attached hydrogen (secondary N) is 1. The van der Waals surface area contributed by atoms with Crippen molar-refractivity contribution in [1.82, 2.24) is 10.2 Å². The third-order valence-corrected chi connectivity index (χ3v) is 3.38. The molecule has 1 amide bonds. The second-order valence-corrected chi connectivity index (χ2v) is 4.41. The summed E-state index contributed by atoms with van der Waals surface area (Å²) < 4.78 is 10.5. The minimum atomic E-state index is -0.935. The summed E-state index contributed by atoms with van der Waals surface area (Å²) in [6.45, 7) is 5.12. The smallest absolute Gasteiger partial charge is 0.242 e. The monoisotopic (exact) mass is 245 g/mol. The van der Waals surface area contributed by atoms with Crippen molar-refractivity contribution >= 4 is 5.91 Å². The normalized spacial score (nSPS) is 22.1. The summed E-state index contributed by atoms with van der Waals surface area (Å²) in [4.78, 5) is 13.8. The number of primary amides is 1. The maximum atomic E-state index is 11.8. The zero-order valence-electron chi connectivity index (χ0n) is 10.9. The van der Waals surface area contributed by atoms with Crippen molar-refractivity contribution in [1.29, 1.82) is 0 Å². The van der Waals surface area contributed by atoms with E-state index in [2.05, 4.69) is 5.32 Å². The number of nitrogens with two attached hydrogens (primary N) is 1. The minimum absolute atomic E-state index is 0.423. The van der Waals surface area contributed by atoms with Gasteiger partial charge in [0.1, 0.15) is 5.54 Å². The molecule has 3 N–H and O–H groups in total. The number of hydrogen-bond acceptors (Lipinski definition) is 5. The van der Waals surface area contributed by atoms with Crippen LogP contribution < -0.4 is 11.1 Å². The SMILES string of the molecule is COC(OC)C(C)(C(N)=O)N1CCCNCC1. The number of nitrogens with zero attached hydrogens (tertiary/aromatic N) is 1. The number of rotatable bonds is 5. The van der Waals surface area contributed by atoms with E-state index in [-0.39, 0.29) is 0 Å². The van der Waals surface area contributed by atoms with Gasteiger partial charge in [0.2, 0.25) is 5.91 Å². The summed E-state index contributed by atoms with van der Waals surface area (Å²) >= 11 is 0. The number of hydrogen-bond donors (Lipinski definition) is 2. The highest BCUT2D eigenvalue weighted by atomic mass is 16.7. The summed E-state index contributed by atoms with van der Waals surface area (Å²) in [5.41, 5.74) is 4.61. The molecule has 0 aromatic carbocycles. The first-order valence-electron chi connectivity index (χ1n) is 5.88. The standard InChI is InChI=1S/C11H23N3O3/c1-11(9(12)15,10(16-2)17-3)14-7-4-5-13-6-8-14/h10,13H,4-8H2,1-3H3,(H2,12,15). The maximum absolute atomic E-state index is 11.8. The van der Waals surface area contributed by atoms with Gasteiger partial charge >= 0.3 is 0 Å². The lowest BCUT2D eigenvalue weighted by molar-refractivity contribution is -0.188. The Labute approximate surface area is 102 Å². The average Bonchev–Trinajstić information content (AvgIpc) is 2.58. The molecule has 0 aliphatic carbocycles. The lowest BCUT2D eigenvalue weighted by Crippen LogP contribution is -2.64. The van der Waals surface area contributed by atoms with Gasteiger partial charge in [-0.3, -0.25) is 9.69 Å². The van der Waals surface area contributed by atoms with Crippen LogP contribution in [0, 0.1) is 0 Å². The second kappa shape index (κ2) is 6.30. The summed E-state index contributed by atoms with van der Waals surface area (Å²) in [5, 5.41) is 3.29. The summed E-state index contributed by atoms with van der Waals surface area (Å²) in [5.74, 6) is -0.423. The van der Waals surface area contributed by atoms with Crippen molar-refractivity contribution in [3.05, 3.63) is 0 Å². The highest BCUT2D eigenvalue weighted by Crippen LogP contribution is 2.23. The van der Waals surface area contributed by atoms with Crippen molar-refractivity contribution in [3.63, 3.8) is 0 Å². The van der Waals surface area contributed by atoms with Crippen LogP contribution in [0.25, 0.3) is 0 Å². The summed E-state index contributed by atoms with van der Waals surface area (Å²) in [6, 6.07) is 0. The van der Waals surface area contributed by atoms with Crippen LogP contribution in [0.15, 0.2) is 0 Å². The first kappa shape index (κ1) is 14.4. The zero-order valence-corrected chi connectivity index (χ0v) is 10.9. The van der Waals surface area contributed by atoms with Crippen molar-refractivity contribution in [2.75, 3.05) is 40.4 Å². The molecule has 1 atom stereocenters. The van der Waals surface area contributed by atoms with Gasteiger partial charge in [-0.1, -0.05) is 0 Å². The van der Waals surface area contributed by atoms with Gasteiger partial charge in [0, 0.05) is 33.9 Å². The topological polar surface area (TPSA) is 76.8 Å². The summed E-state index contributed by atoms with van der Waals surface area (Å²) in [6.07, 6.45) is 0.321. The highest BCUT2D eigenvalue weighted by molar-refractivity contribution is 5.84. The first-order valence-corrected chi connectivity index (χ1v) is 5.88. The molecule has 17 heavy (non-hydrogen) atoms. The van der Waals surface area contributed by atoms with Crippen molar-refractivity contribution in [2.24, 2.45) is 5.73 Å². The molecular formula is C11H23N3O3. The van der Waals surface area contributed by atoms with Crippen molar-refractivity contribution in [2.45, 2.75) is 25.2 Å². The molecule has 0 bridgehead atoms. The van der Waals surface area contributed by atoms with Gasteiger partial charge in [0.15, 0.2) is 6.29 Å². The van der Waals surface area contributed by atoms with Crippen LogP contribution in [0.1, 0.15) is 13.3 Å². The van der Waals surface area contributed by atoms with E-state index < -0.39 is 17.7 Å². The summed E-state index contributed by atoms with van der Waals surface area (Å²) in [7, 11) is 3.04. The Kier molecular flexibility index (Phi) is 5.32. The van der Waals surface area contributed by atoms with Crippen molar-refractivity contribution in [3.8, 4) is 0 Å². The Morgan fingerprint density at radius 3 is 2.53 bits per heavy atom. The van der Waals surface area contributed by atoms with Crippen LogP contribution in [0.4, 0.5) is 0 Å². The van der Waals surface area contributed by atoms with E-state index in [0.717, 1.165) is 32.6 Å². The van der Waals surface area contributed by atoms with Gasteiger partial charge in [0.05, 0.1) is 0 Å². The fourth-order valence-corrected chi connectivity index (χ4v) is 2.29.